The van der Waals surface area contributed by atoms with Crippen LogP contribution in [0.5, 0.6) is 0 Å². The van der Waals surface area contributed by atoms with Crippen molar-refractivity contribution in [1.29, 1.82) is 0 Å². The first-order valence-corrected chi connectivity index (χ1v) is 7.06. The second kappa shape index (κ2) is 9.75. The third-order valence-electron chi connectivity index (χ3n) is 2.84. The van der Waals surface area contributed by atoms with E-state index >= 15 is 0 Å². The highest BCUT2D eigenvalue weighted by atomic mass is 16.3. The molecule has 110 valence electrons. The highest BCUT2D eigenvalue weighted by Crippen LogP contribution is 2.25. The summed E-state index contributed by atoms with van der Waals surface area (Å²) in [7, 11) is 0. The van der Waals surface area contributed by atoms with E-state index in [4.69, 9.17) is 10.8 Å². The van der Waals surface area contributed by atoms with Crippen molar-refractivity contribution >= 4 is 5.82 Å². The normalized spacial score (nSPS) is 12.2. The first-order chi connectivity index (χ1) is 8.99. The number of aromatic nitrogens is 1. The first kappa shape index (κ1) is 17.9. The number of nitrogens with two attached hydrogens (primary N) is 1. The lowest BCUT2D eigenvalue weighted by Crippen LogP contribution is -2.36. The number of hydrogen-bond acceptors (Lipinski definition) is 4. The molecule has 0 saturated carbocycles. The van der Waals surface area contributed by atoms with Crippen molar-refractivity contribution in [3.8, 4) is 0 Å². The van der Waals surface area contributed by atoms with E-state index in [1.54, 1.807) is 6.20 Å². The number of rotatable bonds is 5. The summed E-state index contributed by atoms with van der Waals surface area (Å²) in [6.45, 7) is 11.4. The minimum atomic E-state index is 0.155. The Morgan fingerprint density at radius 1 is 1.32 bits per heavy atom. The highest BCUT2D eigenvalue weighted by Gasteiger charge is 2.19. The maximum absolute atomic E-state index is 9.06. The minimum Gasteiger partial charge on any atom is -0.395 e. The van der Waals surface area contributed by atoms with Gasteiger partial charge < -0.3 is 10.8 Å². The molecule has 0 aliphatic rings. The van der Waals surface area contributed by atoms with Gasteiger partial charge in [0.2, 0.25) is 0 Å². The van der Waals surface area contributed by atoms with E-state index in [0.29, 0.717) is 18.4 Å². The van der Waals surface area contributed by atoms with E-state index in [1.807, 2.05) is 12.1 Å². The van der Waals surface area contributed by atoms with Crippen LogP contribution in [0.4, 0.5) is 5.82 Å². The minimum absolute atomic E-state index is 0.155. The van der Waals surface area contributed by atoms with E-state index in [0.717, 1.165) is 5.56 Å². The lowest BCUT2D eigenvalue weighted by Gasteiger charge is -2.32. The van der Waals surface area contributed by atoms with Gasteiger partial charge in [0.1, 0.15) is 5.82 Å². The van der Waals surface area contributed by atoms with Crippen LogP contribution in [0.2, 0.25) is 0 Å². The molecule has 0 amide bonds. The van der Waals surface area contributed by atoms with Gasteiger partial charge in [-0.05, 0) is 26.8 Å². The summed E-state index contributed by atoms with van der Waals surface area (Å²) in [5.74, 6) is 0.568. The Bertz CT molecular complexity index is 342. The molecule has 0 aliphatic carbocycles. The molecule has 1 heterocycles. The fourth-order valence-corrected chi connectivity index (χ4v) is 1.98. The van der Waals surface area contributed by atoms with Crippen molar-refractivity contribution < 1.29 is 5.11 Å². The SMILES string of the molecule is CC(C)N(CCO)C(C)c1cccnc1N.CCC. The van der Waals surface area contributed by atoms with Gasteiger partial charge in [-0.3, -0.25) is 4.90 Å². The summed E-state index contributed by atoms with van der Waals surface area (Å²) in [5.41, 5.74) is 6.87. The van der Waals surface area contributed by atoms with Crippen LogP contribution >= 0.6 is 0 Å². The molecule has 1 rings (SSSR count). The fraction of sp³-hybridized carbons (Fsp3) is 0.667. The van der Waals surface area contributed by atoms with Crippen molar-refractivity contribution in [2.24, 2.45) is 0 Å². The van der Waals surface area contributed by atoms with Crippen LogP contribution in [-0.2, 0) is 0 Å². The van der Waals surface area contributed by atoms with Crippen LogP contribution in [0.25, 0.3) is 0 Å². The zero-order chi connectivity index (χ0) is 14.8. The van der Waals surface area contributed by atoms with Gasteiger partial charge in [-0.1, -0.05) is 26.3 Å². The molecule has 4 heteroatoms. The van der Waals surface area contributed by atoms with Crippen LogP contribution in [-0.4, -0.2) is 34.2 Å². The largest absolute Gasteiger partial charge is 0.395 e. The Morgan fingerprint density at radius 3 is 2.32 bits per heavy atom. The smallest absolute Gasteiger partial charge is 0.128 e. The van der Waals surface area contributed by atoms with Gasteiger partial charge in [0.05, 0.1) is 6.61 Å². The second-order valence-corrected chi connectivity index (χ2v) is 4.92. The maximum Gasteiger partial charge on any atom is 0.128 e. The molecule has 0 aliphatic heterocycles. The molecule has 1 atom stereocenters. The van der Waals surface area contributed by atoms with Crippen molar-refractivity contribution in [2.75, 3.05) is 18.9 Å². The molecule has 19 heavy (non-hydrogen) atoms. The van der Waals surface area contributed by atoms with Crippen LogP contribution < -0.4 is 5.73 Å². The zero-order valence-electron chi connectivity index (χ0n) is 12.9. The number of hydrogen-bond donors (Lipinski definition) is 2. The Balaban J connectivity index is 0.000000982. The Morgan fingerprint density at radius 2 is 1.89 bits per heavy atom. The fourth-order valence-electron chi connectivity index (χ4n) is 1.98. The van der Waals surface area contributed by atoms with Crippen molar-refractivity contribution in [2.45, 2.75) is 53.1 Å². The third-order valence-corrected chi connectivity index (χ3v) is 2.84. The van der Waals surface area contributed by atoms with E-state index < -0.39 is 0 Å². The molecule has 1 aromatic heterocycles. The van der Waals surface area contributed by atoms with Gasteiger partial charge in [0, 0.05) is 30.4 Å². The monoisotopic (exact) mass is 267 g/mol. The maximum atomic E-state index is 9.06. The molecule has 0 aromatic carbocycles. The molecule has 0 spiro atoms. The Hall–Kier alpha value is -1.13. The Kier molecular flexibility index (Phi) is 9.17. The summed E-state index contributed by atoms with van der Waals surface area (Å²) in [4.78, 5) is 6.29. The molecular formula is C15H29N3O. The van der Waals surface area contributed by atoms with Crippen LogP contribution in [0.3, 0.4) is 0 Å². The van der Waals surface area contributed by atoms with Gasteiger partial charge in [0.25, 0.3) is 0 Å². The number of aliphatic hydroxyl groups is 1. The van der Waals surface area contributed by atoms with E-state index in [-0.39, 0.29) is 12.6 Å². The number of nitrogens with zero attached hydrogens (tertiary/aromatic N) is 2. The quantitative estimate of drug-likeness (QED) is 0.861. The topological polar surface area (TPSA) is 62.4 Å². The van der Waals surface area contributed by atoms with Gasteiger partial charge in [-0.25, -0.2) is 4.98 Å². The Labute approximate surface area is 117 Å². The standard InChI is InChI=1S/C12H21N3O.C3H8/c1-9(2)15(7-8-16)10(3)11-5-4-6-14-12(11)13;1-3-2/h4-6,9-10,16H,7-8H2,1-3H3,(H2,13,14);3H2,1-2H3. The summed E-state index contributed by atoms with van der Waals surface area (Å²) >= 11 is 0. The first-order valence-electron chi connectivity index (χ1n) is 7.06. The summed E-state index contributed by atoms with van der Waals surface area (Å²) in [5, 5.41) is 9.06. The zero-order valence-corrected chi connectivity index (χ0v) is 12.9. The molecule has 1 aromatic rings. The predicted octanol–water partition coefficient (Wildman–Crippen LogP) is 2.84. The number of nitrogen functional groups attached to an aromatic ring is 1. The molecular weight excluding hydrogens is 238 g/mol. The molecule has 4 nitrogen and oxygen atoms in total. The van der Waals surface area contributed by atoms with Crippen LogP contribution in [0, 0.1) is 0 Å². The lowest BCUT2D eigenvalue weighted by atomic mass is 10.1. The molecule has 0 saturated heterocycles. The van der Waals surface area contributed by atoms with Gasteiger partial charge in [-0.15, -0.1) is 0 Å². The third kappa shape index (κ3) is 6.03. The number of anilines is 1. The molecule has 1 unspecified atom stereocenters. The van der Waals surface area contributed by atoms with Crippen molar-refractivity contribution in [1.82, 2.24) is 9.88 Å². The van der Waals surface area contributed by atoms with E-state index in [9.17, 15) is 0 Å². The highest BCUT2D eigenvalue weighted by molar-refractivity contribution is 5.40. The predicted molar refractivity (Wildman–Crippen MR) is 82.0 cm³/mol. The molecule has 3 N–H and O–H groups in total. The number of aliphatic hydroxyl groups excluding tert-OH is 1. The van der Waals surface area contributed by atoms with Gasteiger partial charge in [0.15, 0.2) is 0 Å². The summed E-state index contributed by atoms with van der Waals surface area (Å²) in [6, 6.07) is 4.40. The lowest BCUT2D eigenvalue weighted by molar-refractivity contribution is 0.126. The van der Waals surface area contributed by atoms with Crippen molar-refractivity contribution in [3.05, 3.63) is 23.9 Å². The second-order valence-electron chi connectivity index (χ2n) is 4.92. The van der Waals surface area contributed by atoms with Crippen LogP contribution in [0.1, 0.15) is 52.6 Å². The summed E-state index contributed by atoms with van der Waals surface area (Å²) < 4.78 is 0. The van der Waals surface area contributed by atoms with Gasteiger partial charge in [-0.2, -0.15) is 0 Å². The van der Waals surface area contributed by atoms with Crippen LogP contribution in [0.15, 0.2) is 18.3 Å². The molecule has 0 radical (unpaired) electrons. The van der Waals surface area contributed by atoms with E-state index in [2.05, 4.69) is 44.5 Å². The average molecular weight is 267 g/mol. The van der Waals surface area contributed by atoms with E-state index in [1.165, 1.54) is 6.42 Å². The molecule has 0 bridgehead atoms. The number of pyridine rings is 1. The van der Waals surface area contributed by atoms with Crippen molar-refractivity contribution in [3.63, 3.8) is 0 Å². The summed E-state index contributed by atoms with van der Waals surface area (Å²) in [6.07, 6.45) is 2.94. The average Bonchev–Trinajstić information content (AvgIpc) is 2.36. The van der Waals surface area contributed by atoms with Gasteiger partial charge >= 0.3 is 0 Å². The molecule has 0 fully saturated rings.